The predicted molar refractivity (Wildman–Crippen MR) is 86.4 cm³/mol. The molecule has 23 heavy (non-hydrogen) atoms. The van der Waals surface area contributed by atoms with Crippen molar-refractivity contribution >= 4 is 17.5 Å². The Labute approximate surface area is 139 Å². The Bertz CT molecular complexity index is 695. The molecule has 2 N–H and O–H groups in total. The lowest BCUT2D eigenvalue weighted by atomic mass is 9.92. The van der Waals surface area contributed by atoms with Gasteiger partial charge in [-0.05, 0) is 18.1 Å². The second kappa shape index (κ2) is 7.06. The lowest BCUT2D eigenvalue weighted by molar-refractivity contribution is -0.123. The number of hydrogen-bond acceptors (Lipinski definition) is 3. The van der Waals surface area contributed by atoms with Crippen molar-refractivity contribution < 1.29 is 9.18 Å². The summed E-state index contributed by atoms with van der Waals surface area (Å²) >= 11 is 5.71. The average Bonchev–Trinajstić information content (AvgIpc) is 2.58. The summed E-state index contributed by atoms with van der Waals surface area (Å²) in [7, 11) is 0. The standard InChI is InChI=1S/C17H17ClFN3O/c18-17-15(19)12(8-9-20-17)10-21-13-6-7-14(23)22-16(13)11-4-2-1-3-5-11/h1-5,8-9,13,16,21H,6-7,10H2,(H,22,23)/t13-,16+/m1/s1. The van der Waals surface area contributed by atoms with Gasteiger partial charge in [-0.2, -0.15) is 0 Å². The van der Waals surface area contributed by atoms with Crippen LogP contribution in [0.5, 0.6) is 0 Å². The molecule has 1 saturated heterocycles. The van der Waals surface area contributed by atoms with Crippen molar-refractivity contribution in [3.05, 3.63) is 64.7 Å². The Balaban J connectivity index is 1.74. The smallest absolute Gasteiger partial charge is 0.220 e. The first-order valence-corrected chi connectivity index (χ1v) is 7.89. The van der Waals surface area contributed by atoms with E-state index in [4.69, 9.17) is 11.6 Å². The second-order valence-electron chi connectivity index (χ2n) is 5.56. The molecule has 1 aromatic carbocycles. The van der Waals surface area contributed by atoms with Crippen molar-refractivity contribution in [2.75, 3.05) is 0 Å². The third kappa shape index (κ3) is 3.68. The predicted octanol–water partition coefficient (Wildman–Crippen LogP) is 2.98. The molecule has 0 bridgehead atoms. The number of aromatic nitrogens is 1. The van der Waals surface area contributed by atoms with Gasteiger partial charge in [-0.3, -0.25) is 4.79 Å². The molecule has 1 aliphatic rings. The van der Waals surface area contributed by atoms with Gasteiger partial charge in [-0.25, -0.2) is 9.37 Å². The zero-order valence-corrected chi connectivity index (χ0v) is 13.2. The minimum absolute atomic E-state index is 0.0291. The normalized spacial score (nSPS) is 21.0. The van der Waals surface area contributed by atoms with Crippen LogP contribution in [0.2, 0.25) is 5.15 Å². The molecule has 120 valence electrons. The molecule has 3 rings (SSSR count). The van der Waals surface area contributed by atoms with Crippen molar-refractivity contribution in [2.24, 2.45) is 0 Å². The zero-order valence-electron chi connectivity index (χ0n) is 12.4. The van der Waals surface area contributed by atoms with E-state index in [0.29, 0.717) is 24.9 Å². The van der Waals surface area contributed by atoms with E-state index in [1.807, 2.05) is 30.3 Å². The Kier molecular flexibility index (Phi) is 4.88. The first-order chi connectivity index (χ1) is 11.1. The molecule has 0 saturated carbocycles. The second-order valence-corrected chi connectivity index (χ2v) is 5.91. The van der Waals surface area contributed by atoms with E-state index in [0.717, 1.165) is 5.56 Å². The number of halogens is 2. The van der Waals surface area contributed by atoms with E-state index in [-0.39, 0.29) is 23.1 Å². The summed E-state index contributed by atoms with van der Waals surface area (Å²) in [4.78, 5) is 15.5. The largest absolute Gasteiger partial charge is 0.348 e. The Hall–Kier alpha value is -1.98. The van der Waals surface area contributed by atoms with Crippen molar-refractivity contribution in [1.82, 2.24) is 15.6 Å². The summed E-state index contributed by atoms with van der Waals surface area (Å²) in [5, 5.41) is 6.22. The Morgan fingerprint density at radius 3 is 2.87 bits per heavy atom. The van der Waals surface area contributed by atoms with Crippen LogP contribution in [0.15, 0.2) is 42.6 Å². The maximum Gasteiger partial charge on any atom is 0.220 e. The fraction of sp³-hybridized carbons (Fsp3) is 0.294. The van der Waals surface area contributed by atoms with E-state index in [2.05, 4.69) is 15.6 Å². The summed E-state index contributed by atoms with van der Waals surface area (Å²) in [5.74, 6) is -0.465. The summed E-state index contributed by atoms with van der Waals surface area (Å²) in [6, 6.07) is 11.3. The quantitative estimate of drug-likeness (QED) is 0.846. The number of carbonyl (C=O) groups is 1. The van der Waals surface area contributed by atoms with Gasteiger partial charge in [-0.15, -0.1) is 0 Å². The highest BCUT2D eigenvalue weighted by atomic mass is 35.5. The minimum Gasteiger partial charge on any atom is -0.348 e. The van der Waals surface area contributed by atoms with E-state index >= 15 is 0 Å². The van der Waals surface area contributed by atoms with Gasteiger partial charge >= 0.3 is 0 Å². The van der Waals surface area contributed by atoms with Gasteiger partial charge in [0, 0.05) is 30.8 Å². The van der Waals surface area contributed by atoms with Gasteiger partial charge < -0.3 is 10.6 Å². The first kappa shape index (κ1) is 15.9. The highest BCUT2D eigenvalue weighted by Crippen LogP contribution is 2.25. The number of carbonyl (C=O) groups excluding carboxylic acids is 1. The number of benzene rings is 1. The number of nitrogens with zero attached hydrogens (tertiary/aromatic N) is 1. The van der Waals surface area contributed by atoms with Crippen LogP contribution in [0.3, 0.4) is 0 Å². The number of rotatable bonds is 4. The molecular weight excluding hydrogens is 317 g/mol. The van der Waals surface area contributed by atoms with E-state index in [9.17, 15) is 9.18 Å². The van der Waals surface area contributed by atoms with Crippen LogP contribution in [-0.4, -0.2) is 16.9 Å². The highest BCUT2D eigenvalue weighted by molar-refractivity contribution is 6.29. The molecule has 1 aliphatic heterocycles. The number of piperidine rings is 1. The number of amides is 1. The van der Waals surface area contributed by atoms with Gasteiger partial charge in [0.2, 0.25) is 5.91 Å². The molecule has 1 amide bonds. The summed E-state index contributed by atoms with van der Waals surface area (Å²) in [6.07, 6.45) is 2.65. The monoisotopic (exact) mass is 333 g/mol. The fourth-order valence-corrected chi connectivity index (χ4v) is 3.01. The van der Waals surface area contributed by atoms with Crippen molar-refractivity contribution in [3.8, 4) is 0 Å². The molecule has 6 heteroatoms. The molecule has 1 aromatic heterocycles. The third-order valence-corrected chi connectivity index (χ3v) is 4.30. The van der Waals surface area contributed by atoms with Crippen LogP contribution in [0.1, 0.15) is 30.0 Å². The number of nitrogens with one attached hydrogen (secondary N) is 2. The Morgan fingerprint density at radius 1 is 1.30 bits per heavy atom. The van der Waals surface area contributed by atoms with Crippen molar-refractivity contribution in [1.29, 1.82) is 0 Å². The lowest BCUT2D eigenvalue weighted by Gasteiger charge is -2.33. The summed E-state index contributed by atoms with van der Waals surface area (Å²) in [5.41, 5.74) is 1.50. The SMILES string of the molecule is O=C1CC[C@@H](NCc2ccnc(Cl)c2F)[C@H](c2ccccc2)N1. The van der Waals surface area contributed by atoms with Gasteiger partial charge in [-0.1, -0.05) is 41.9 Å². The van der Waals surface area contributed by atoms with Crippen LogP contribution >= 0.6 is 11.6 Å². The minimum atomic E-state index is -0.502. The van der Waals surface area contributed by atoms with Crippen molar-refractivity contribution in [3.63, 3.8) is 0 Å². The van der Waals surface area contributed by atoms with Crippen LogP contribution in [0.4, 0.5) is 4.39 Å². The van der Waals surface area contributed by atoms with Gasteiger partial charge in [0.05, 0.1) is 6.04 Å². The third-order valence-electron chi connectivity index (χ3n) is 4.04. The zero-order chi connectivity index (χ0) is 16.2. The Morgan fingerprint density at radius 2 is 2.09 bits per heavy atom. The molecule has 1 fully saturated rings. The van der Waals surface area contributed by atoms with Crippen LogP contribution < -0.4 is 10.6 Å². The summed E-state index contributed by atoms with van der Waals surface area (Å²) in [6.45, 7) is 0.331. The molecular formula is C17H17ClFN3O. The van der Waals surface area contributed by atoms with E-state index in [1.54, 1.807) is 6.07 Å². The van der Waals surface area contributed by atoms with E-state index < -0.39 is 5.82 Å². The molecule has 0 spiro atoms. The van der Waals surface area contributed by atoms with Crippen LogP contribution in [0, 0.1) is 5.82 Å². The molecule has 2 aromatic rings. The molecule has 0 radical (unpaired) electrons. The van der Waals surface area contributed by atoms with Crippen LogP contribution in [0.25, 0.3) is 0 Å². The van der Waals surface area contributed by atoms with Crippen molar-refractivity contribution in [2.45, 2.75) is 31.5 Å². The maximum absolute atomic E-state index is 13.9. The average molecular weight is 334 g/mol. The maximum atomic E-state index is 13.9. The molecule has 2 heterocycles. The number of pyridine rings is 1. The molecule has 0 unspecified atom stereocenters. The van der Waals surface area contributed by atoms with Crippen LogP contribution in [-0.2, 0) is 11.3 Å². The van der Waals surface area contributed by atoms with Gasteiger partial charge in [0.15, 0.2) is 11.0 Å². The van der Waals surface area contributed by atoms with E-state index in [1.165, 1.54) is 6.20 Å². The van der Waals surface area contributed by atoms with Gasteiger partial charge in [0.25, 0.3) is 0 Å². The lowest BCUT2D eigenvalue weighted by Crippen LogP contribution is -2.48. The fourth-order valence-electron chi connectivity index (χ4n) is 2.83. The molecule has 2 atom stereocenters. The highest BCUT2D eigenvalue weighted by Gasteiger charge is 2.29. The topological polar surface area (TPSA) is 54.0 Å². The first-order valence-electron chi connectivity index (χ1n) is 7.51. The summed E-state index contributed by atoms with van der Waals surface area (Å²) < 4.78 is 13.9. The molecule has 0 aliphatic carbocycles. The molecule has 4 nitrogen and oxygen atoms in total. The number of hydrogen-bond donors (Lipinski definition) is 2. The van der Waals surface area contributed by atoms with Gasteiger partial charge in [0.1, 0.15) is 0 Å².